The van der Waals surface area contributed by atoms with Crippen LogP contribution in [-0.4, -0.2) is 16.4 Å². The second kappa shape index (κ2) is 3.93. The Labute approximate surface area is 69.3 Å². The molecular weight excluding hydrogens is 164 g/mol. The number of oxime groups is 1. The van der Waals surface area contributed by atoms with Crippen molar-refractivity contribution in [3.05, 3.63) is 29.0 Å². The molecule has 0 unspecified atom stereocenters. The third-order valence-electron chi connectivity index (χ3n) is 1.20. The molecule has 0 bridgehead atoms. The molecule has 1 rings (SSSR count). The van der Waals surface area contributed by atoms with Crippen molar-refractivity contribution in [2.45, 2.75) is 6.42 Å². The molecule has 1 heterocycles. The van der Waals surface area contributed by atoms with Crippen molar-refractivity contribution >= 4 is 17.8 Å². The van der Waals surface area contributed by atoms with E-state index in [-0.39, 0.29) is 0 Å². The lowest BCUT2D eigenvalue weighted by molar-refractivity contribution is 0.321. The van der Waals surface area contributed by atoms with Crippen LogP contribution >= 0.6 is 11.6 Å². The molecule has 0 saturated carbocycles. The molecule has 3 nitrogen and oxygen atoms in total. The molecule has 58 valence electrons. The van der Waals surface area contributed by atoms with E-state index in [9.17, 15) is 0 Å². The van der Waals surface area contributed by atoms with E-state index in [0.717, 1.165) is 5.56 Å². The van der Waals surface area contributed by atoms with Crippen molar-refractivity contribution in [2.75, 3.05) is 0 Å². The van der Waals surface area contributed by atoms with Crippen LogP contribution in [0.4, 0.5) is 0 Å². The van der Waals surface area contributed by atoms with Crippen LogP contribution in [0.2, 0.25) is 5.15 Å². The monoisotopic (exact) mass is 170 g/mol. The van der Waals surface area contributed by atoms with E-state index in [4.69, 9.17) is 16.8 Å². The molecule has 0 fully saturated rings. The summed E-state index contributed by atoms with van der Waals surface area (Å²) in [6.07, 6.45) is 3.61. The maximum atomic E-state index is 8.11. The van der Waals surface area contributed by atoms with Gasteiger partial charge in [-0.25, -0.2) is 4.98 Å². The van der Waals surface area contributed by atoms with E-state index < -0.39 is 0 Å². The minimum Gasteiger partial charge on any atom is -0.411 e. The summed E-state index contributed by atoms with van der Waals surface area (Å²) in [5.41, 5.74) is 0.965. The highest BCUT2D eigenvalue weighted by atomic mass is 35.5. The lowest BCUT2D eigenvalue weighted by Gasteiger charge is -1.93. The standard InChI is InChI=1S/C7H7ClN2O/c8-7-2-1-6(5-9-7)3-4-10-11/h1-2,4-5,11H,3H2. The molecule has 0 atom stereocenters. The highest BCUT2D eigenvalue weighted by Crippen LogP contribution is 2.04. The van der Waals surface area contributed by atoms with Gasteiger partial charge in [0.2, 0.25) is 0 Å². The minimum absolute atomic E-state index is 0.467. The summed E-state index contributed by atoms with van der Waals surface area (Å²) < 4.78 is 0. The first-order valence-electron chi connectivity index (χ1n) is 3.09. The summed E-state index contributed by atoms with van der Waals surface area (Å²) >= 11 is 5.55. The Morgan fingerprint density at radius 2 is 2.45 bits per heavy atom. The van der Waals surface area contributed by atoms with Crippen LogP contribution in [0.5, 0.6) is 0 Å². The van der Waals surface area contributed by atoms with Crippen molar-refractivity contribution in [1.29, 1.82) is 0 Å². The van der Waals surface area contributed by atoms with Gasteiger partial charge in [0.05, 0.1) is 0 Å². The van der Waals surface area contributed by atoms with Gasteiger partial charge in [-0.2, -0.15) is 0 Å². The van der Waals surface area contributed by atoms with Crippen LogP contribution in [-0.2, 0) is 6.42 Å². The minimum atomic E-state index is 0.467. The van der Waals surface area contributed by atoms with Gasteiger partial charge in [-0.1, -0.05) is 17.7 Å². The van der Waals surface area contributed by atoms with Gasteiger partial charge in [0, 0.05) is 18.8 Å². The second-order valence-electron chi connectivity index (χ2n) is 1.99. The molecule has 4 heteroatoms. The fourth-order valence-electron chi connectivity index (χ4n) is 0.673. The first-order chi connectivity index (χ1) is 5.33. The number of aromatic nitrogens is 1. The molecule has 0 aliphatic heterocycles. The fourth-order valence-corrected chi connectivity index (χ4v) is 0.785. The first-order valence-corrected chi connectivity index (χ1v) is 3.47. The lowest BCUT2D eigenvalue weighted by Crippen LogP contribution is -1.86. The third kappa shape index (κ3) is 2.55. The molecule has 0 aromatic carbocycles. The summed E-state index contributed by atoms with van der Waals surface area (Å²) in [4.78, 5) is 3.85. The molecule has 11 heavy (non-hydrogen) atoms. The van der Waals surface area contributed by atoms with Gasteiger partial charge in [-0.3, -0.25) is 0 Å². The van der Waals surface area contributed by atoms with E-state index in [0.29, 0.717) is 11.6 Å². The quantitative estimate of drug-likeness (QED) is 0.318. The smallest absolute Gasteiger partial charge is 0.129 e. The zero-order valence-corrected chi connectivity index (χ0v) is 6.49. The van der Waals surface area contributed by atoms with Crippen molar-refractivity contribution in [1.82, 2.24) is 4.98 Å². The van der Waals surface area contributed by atoms with Crippen LogP contribution in [0.25, 0.3) is 0 Å². The number of halogens is 1. The topological polar surface area (TPSA) is 45.5 Å². The van der Waals surface area contributed by atoms with Gasteiger partial charge in [-0.15, -0.1) is 5.16 Å². The molecule has 0 aliphatic carbocycles. The summed E-state index contributed by atoms with van der Waals surface area (Å²) in [5, 5.41) is 11.4. The number of rotatable bonds is 2. The molecule has 0 radical (unpaired) electrons. The molecule has 0 saturated heterocycles. The lowest BCUT2D eigenvalue weighted by atomic mass is 10.2. The summed E-state index contributed by atoms with van der Waals surface area (Å²) in [6, 6.07) is 3.53. The SMILES string of the molecule is ON=CCc1ccc(Cl)nc1. The Kier molecular flexibility index (Phi) is 2.86. The van der Waals surface area contributed by atoms with Crippen LogP contribution in [0.3, 0.4) is 0 Å². The maximum Gasteiger partial charge on any atom is 0.129 e. The molecule has 1 N–H and O–H groups in total. The number of pyridine rings is 1. The summed E-state index contributed by atoms with van der Waals surface area (Å²) in [7, 11) is 0. The predicted octanol–water partition coefficient (Wildman–Crippen LogP) is 1.74. The fraction of sp³-hybridized carbons (Fsp3) is 0.143. The Bertz CT molecular complexity index is 245. The van der Waals surface area contributed by atoms with Gasteiger partial charge in [0.15, 0.2) is 0 Å². The highest BCUT2D eigenvalue weighted by Gasteiger charge is 1.90. The van der Waals surface area contributed by atoms with E-state index >= 15 is 0 Å². The third-order valence-corrected chi connectivity index (χ3v) is 1.42. The van der Waals surface area contributed by atoms with Crippen LogP contribution in [0, 0.1) is 0 Å². The van der Waals surface area contributed by atoms with Crippen molar-refractivity contribution in [3.8, 4) is 0 Å². The second-order valence-corrected chi connectivity index (χ2v) is 2.38. The zero-order valence-electron chi connectivity index (χ0n) is 5.74. The van der Waals surface area contributed by atoms with Crippen molar-refractivity contribution in [3.63, 3.8) is 0 Å². The van der Waals surface area contributed by atoms with E-state index in [1.54, 1.807) is 12.3 Å². The Morgan fingerprint density at radius 1 is 1.64 bits per heavy atom. The Hall–Kier alpha value is -1.09. The van der Waals surface area contributed by atoms with E-state index in [2.05, 4.69) is 10.1 Å². The zero-order chi connectivity index (χ0) is 8.10. The van der Waals surface area contributed by atoms with Crippen LogP contribution < -0.4 is 0 Å². The van der Waals surface area contributed by atoms with E-state index in [1.807, 2.05) is 6.07 Å². The highest BCUT2D eigenvalue weighted by molar-refractivity contribution is 6.29. The number of hydrogen-bond acceptors (Lipinski definition) is 3. The largest absolute Gasteiger partial charge is 0.411 e. The van der Waals surface area contributed by atoms with Gasteiger partial charge in [0.25, 0.3) is 0 Å². The van der Waals surface area contributed by atoms with Crippen LogP contribution in [0.1, 0.15) is 5.56 Å². The van der Waals surface area contributed by atoms with Gasteiger partial charge in [0.1, 0.15) is 5.15 Å². The van der Waals surface area contributed by atoms with Gasteiger partial charge in [-0.05, 0) is 11.6 Å². The van der Waals surface area contributed by atoms with Gasteiger partial charge >= 0.3 is 0 Å². The molecule has 1 aromatic rings. The molecule has 0 spiro atoms. The Morgan fingerprint density at radius 3 is 3.00 bits per heavy atom. The molecule has 1 aromatic heterocycles. The average Bonchev–Trinajstić information content (AvgIpc) is 2.04. The summed E-state index contributed by atoms with van der Waals surface area (Å²) in [5.74, 6) is 0. The number of nitrogens with zero attached hydrogens (tertiary/aromatic N) is 2. The average molecular weight is 171 g/mol. The van der Waals surface area contributed by atoms with Crippen molar-refractivity contribution < 1.29 is 5.21 Å². The predicted molar refractivity (Wildman–Crippen MR) is 43.2 cm³/mol. The Balaban J connectivity index is 2.66. The van der Waals surface area contributed by atoms with Crippen molar-refractivity contribution in [2.24, 2.45) is 5.16 Å². The number of hydrogen-bond donors (Lipinski definition) is 1. The summed E-state index contributed by atoms with van der Waals surface area (Å²) in [6.45, 7) is 0. The van der Waals surface area contributed by atoms with E-state index in [1.165, 1.54) is 6.21 Å². The molecule has 0 aliphatic rings. The normalized spacial score (nSPS) is 10.6. The maximum absolute atomic E-state index is 8.11. The molecular formula is C7H7ClN2O. The first kappa shape index (κ1) is 8.01. The molecule has 0 amide bonds. The van der Waals surface area contributed by atoms with Crippen LogP contribution in [0.15, 0.2) is 23.5 Å². The van der Waals surface area contributed by atoms with Gasteiger partial charge < -0.3 is 5.21 Å².